The number of amides is 1. The standard InChI is InChI=1S/C20H22N2O2S/c1-22(2)13-16-11-14(4-8-20(21)23)3-7-18(16)24-17-6-5-15-9-10-25-19(15)12-17/h3-8,11-12H,9-10,13H2,1-2H3,(H2,21,23). The van der Waals surface area contributed by atoms with Crippen molar-refractivity contribution in [3.63, 3.8) is 0 Å². The van der Waals surface area contributed by atoms with Crippen LogP contribution in [0.1, 0.15) is 16.7 Å². The number of hydrogen-bond acceptors (Lipinski definition) is 4. The Balaban J connectivity index is 1.87. The molecule has 1 aliphatic rings. The van der Waals surface area contributed by atoms with Gasteiger partial charge in [-0.25, -0.2) is 0 Å². The van der Waals surface area contributed by atoms with Gasteiger partial charge in [-0.1, -0.05) is 12.1 Å². The molecule has 2 aromatic carbocycles. The van der Waals surface area contributed by atoms with E-state index in [1.165, 1.54) is 16.5 Å². The Morgan fingerprint density at radius 3 is 2.88 bits per heavy atom. The van der Waals surface area contributed by atoms with Crippen molar-refractivity contribution < 1.29 is 9.53 Å². The molecule has 2 N–H and O–H groups in total. The van der Waals surface area contributed by atoms with Crippen molar-refractivity contribution in [2.24, 2.45) is 5.73 Å². The van der Waals surface area contributed by atoms with E-state index in [0.29, 0.717) is 0 Å². The molecular weight excluding hydrogens is 332 g/mol. The highest BCUT2D eigenvalue weighted by Gasteiger charge is 2.13. The average Bonchev–Trinajstić information content (AvgIpc) is 3.02. The summed E-state index contributed by atoms with van der Waals surface area (Å²) in [5, 5.41) is 0. The van der Waals surface area contributed by atoms with Gasteiger partial charge in [0, 0.05) is 28.8 Å². The van der Waals surface area contributed by atoms with Crippen LogP contribution in [0.4, 0.5) is 0 Å². The van der Waals surface area contributed by atoms with Gasteiger partial charge in [-0.3, -0.25) is 4.79 Å². The third-order valence-corrected chi connectivity index (χ3v) is 5.01. The number of carbonyl (C=O) groups is 1. The maximum absolute atomic E-state index is 10.9. The van der Waals surface area contributed by atoms with Crippen molar-refractivity contribution in [1.82, 2.24) is 4.90 Å². The van der Waals surface area contributed by atoms with Crippen LogP contribution in [-0.4, -0.2) is 30.7 Å². The summed E-state index contributed by atoms with van der Waals surface area (Å²) in [6.45, 7) is 0.743. The van der Waals surface area contributed by atoms with Crippen LogP contribution in [0.25, 0.3) is 6.08 Å². The molecule has 2 aromatic rings. The van der Waals surface area contributed by atoms with Gasteiger partial charge in [0.05, 0.1) is 0 Å². The van der Waals surface area contributed by atoms with Crippen LogP contribution in [0.5, 0.6) is 11.5 Å². The van der Waals surface area contributed by atoms with Crippen molar-refractivity contribution in [3.8, 4) is 11.5 Å². The predicted octanol–water partition coefficient (Wildman–Crippen LogP) is 3.69. The minimum absolute atomic E-state index is 0.454. The number of benzene rings is 2. The topological polar surface area (TPSA) is 55.6 Å². The SMILES string of the molecule is CN(C)Cc1cc(C=CC(N)=O)ccc1Oc1ccc2c(c1)SCC2. The average molecular weight is 354 g/mol. The molecule has 0 bridgehead atoms. The van der Waals surface area contributed by atoms with Gasteiger partial charge in [0.1, 0.15) is 11.5 Å². The van der Waals surface area contributed by atoms with Crippen LogP contribution >= 0.6 is 11.8 Å². The van der Waals surface area contributed by atoms with E-state index in [0.717, 1.165) is 41.3 Å². The lowest BCUT2D eigenvalue weighted by molar-refractivity contribution is -0.113. The Morgan fingerprint density at radius 1 is 1.28 bits per heavy atom. The lowest BCUT2D eigenvalue weighted by atomic mass is 10.1. The van der Waals surface area contributed by atoms with E-state index in [1.54, 1.807) is 6.08 Å². The number of fused-ring (bicyclic) bond motifs is 1. The number of ether oxygens (including phenoxy) is 1. The maximum Gasteiger partial charge on any atom is 0.241 e. The fraction of sp³-hybridized carbons (Fsp3) is 0.250. The first-order valence-corrected chi connectivity index (χ1v) is 9.18. The van der Waals surface area contributed by atoms with Crippen molar-refractivity contribution in [3.05, 3.63) is 59.2 Å². The first-order chi connectivity index (χ1) is 12.0. The summed E-state index contributed by atoms with van der Waals surface area (Å²) >= 11 is 1.88. The van der Waals surface area contributed by atoms with Gasteiger partial charge in [0.25, 0.3) is 0 Å². The summed E-state index contributed by atoms with van der Waals surface area (Å²) in [7, 11) is 4.03. The van der Waals surface area contributed by atoms with Crippen LogP contribution in [0.3, 0.4) is 0 Å². The zero-order valence-corrected chi connectivity index (χ0v) is 15.3. The highest BCUT2D eigenvalue weighted by atomic mass is 32.2. The third-order valence-electron chi connectivity index (χ3n) is 3.91. The highest BCUT2D eigenvalue weighted by molar-refractivity contribution is 7.99. The summed E-state index contributed by atoms with van der Waals surface area (Å²) in [5.74, 6) is 2.37. The van der Waals surface area contributed by atoms with Crippen molar-refractivity contribution in [2.45, 2.75) is 17.9 Å². The molecule has 4 nitrogen and oxygen atoms in total. The molecule has 0 saturated heterocycles. The number of nitrogens with zero attached hydrogens (tertiary/aromatic N) is 1. The number of rotatable bonds is 6. The summed E-state index contributed by atoms with van der Waals surface area (Å²) in [4.78, 5) is 14.3. The summed E-state index contributed by atoms with van der Waals surface area (Å²) in [6.07, 6.45) is 4.22. The molecule has 0 atom stereocenters. The fourth-order valence-corrected chi connectivity index (χ4v) is 3.88. The van der Waals surface area contributed by atoms with Crippen LogP contribution in [0.15, 0.2) is 47.4 Å². The number of primary amides is 1. The van der Waals surface area contributed by atoms with E-state index in [1.807, 2.05) is 50.1 Å². The molecule has 3 rings (SSSR count). The lowest BCUT2D eigenvalue weighted by Crippen LogP contribution is -2.11. The van der Waals surface area contributed by atoms with Gasteiger partial charge < -0.3 is 15.4 Å². The molecule has 0 saturated carbocycles. The Morgan fingerprint density at radius 2 is 2.12 bits per heavy atom. The van der Waals surface area contributed by atoms with Crippen molar-refractivity contribution in [1.29, 1.82) is 0 Å². The largest absolute Gasteiger partial charge is 0.457 e. The summed E-state index contributed by atoms with van der Waals surface area (Å²) in [6, 6.07) is 12.2. The van der Waals surface area contributed by atoms with Crippen LogP contribution in [-0.2, 0) is 17.8 Å². The van der Waals surface area contributed by atoms with Gasteiger partial charge in [-0.05, 0) is 62.0 Å². The van der Waals surface area contributed by atoms with E-state index in [-0.39, 0.29) is 0 Å². The second-order valence-corrected chi connectivity index (χ2v) is 7.45. The number of carbonyl (C=O) groups excluding carboxylic acids is 1. The Labute approximate surface area is 152 Å². The first kappa shape index (κ1) is 17.6. The van der Waals surface area contributed by atoms with Gasteiger partial charge in [-0.15, -0.1) is 11.8 Å². The molecule has 25 heavy (non-hydrogen) atoms. The molecule has 0 unspecified atom stereocenters. The fourth-order valence-electron chi connectivity index (χ4n) is 2.78. The Bertz CT molecular complexity index is 815. The number of nitrogens with two attached hydrogens (primary N) is 1. The van der Waals surface area contributed by atoms with Crippen molar-refractivity contribution in [2.75, 3.05) is 19.8 Å². The van der Waals surface area contributed by atoms with Crippen LogP contribution < -0.4 is 10.5 Å². The van der Waals surface area contributed by atoms with Crippen LogP contribution in [0.2, 0.25) is 0 Å². The van der Waals surface area contributed by atoms with E-state index in [4.69, 9.17) is 10.5 Å². The smallest absolute Gasteiger partial charge is 0.241 e. The second-order valence-electron chi connectivity index (χ2n) is 6.31. The minimum Gasteiger partial charge on any atom is -0.457 e. The molecule has 0 aliphatic carbocycles. The molecule has 0 spiro atoms. The molecular formula is C20H22N2O2S. The summed E-state index contributed by atoms with van der Waals surface area (Å²) in [5.41, 5.74) is 8.56. The third kappa shape index (κ3) is 4.65. The molecule has 130 valence electrons. The quantitative estimate of drug-likeness (QED) is 0.804. The minimum atomic E-state index is -0.454. The lowest BCUT2D eigenvalue weighted by Gasteiger charge is -2.16. The van der Waals surface area contributed by atoms with Crippen molar-refractivity contribution >= 4 is 23.7 Å². The van der Waals surface area contributed by atoms with Gasteiger partial charge >= 0.3 is 0 Å². The monoisotopic (exact) mass is 354 g/mol. The molecule has 5 heteroatoms. The van der Waals surface area contributed by atoms with Gasteiger partial charge in [0.15, 0.2) is 0 Å². The molecule has 0 radical (unpaired) electrons. The van der Waals surface area contributed by atoms with Crippen LogP contribution in [0, 0.1) is 0 Å². The van der Waals surface area contributed by atoms with E-state index in [2.05, 4.69) is 17.0 Å². The predicted molar refractivity (Wildman–Crippen MR) is 103 cm³/mol. The zero-order valence-electron chi connectivity index (χ0n) is 14.5. The normalized spacial score (nSPS) is 13.4. The Kier molecular flexibility index (Phi) is 5.46. The number of aryl methyl sites for hydroxylation is 1. The van der Waals surface area contributed by atoms with E-state index < -0.39 is 5.91 Å². The van der Waals surface area contributed by atoms with E-state index >= 15 is 0 Å². The first-order valence-electron chi connectivity index (χ1n) is 8.20. The second kappa shape index (κ2) is 7.76. The number of hydrogen-bond donors (Lipinski definition) is 1. The zero-order chi connectivity index (χ0) is 17.8. The maximum atomic E-state index is 10.9. The molecule has 1 heterocycles. The molecule has 0 aromatic heterocycles. The molecule has 1 aliphatic heterocycles. The highest BCUT2D eigenvalue weighted by Crippen LogP contribution is 2.36. The van der Waals surface area contributed by atoms with Gasteiger partial charge in [0.2, 0.25) is 5.91 Å². The molecule has 0 fully saturated rings. The Hall–Kier alpha value is -2.24. The number of thioether (sulfide) groups is 1. The van der Waals surface area contributed by atoms with Gasteiger partial charge in [-0.2, -0.15) is 0 Å². The van der Waals surface area contributed by atoms with E-state index in [9.17, 15) is 4.79 Å². The molecule has 1 amide bonds. The summed E-state index contributed by atoms with van der Waals surface area (Å²) < 4.78 is 6.16.